The standard InChI is InChI=1S/C11H22N2O4S/c1-9-7-17-11(5-12)6-13(9)18(14,15)8-10-3-2-4-16-10/h9-11H,2-8,12H2,1H3. The second-order valence-corrected chi connectivity index (χ2v) is 6.99. The third-order valence-corrected chi connectivity index (χ3v) is 5.51. The zero-order valence-corrected chi connectivity index (χ0v) is 11.6. The van der Waals surface area contributed by atoms with Crippen molar-refractivity contribution in [3.8, 4) is 0 Å². The van der Waals surface area contributed by atoms with Crippen LogP contribution in [0.4, 0.5) is 0 Å². The summed E-state index contributed by atoms with van der Waals surface area (Å²) in [7, 11) is -3.29. The Morgan fingerprint density at radius 3 is 2.72 bits per heavy atom. The number of hydrogen-bond donors (Lipinski definition) is 1. The normalized spacial score (nSPS) is 34.9. The van der Waals surface area contributed by atoms with E-state index >= 15 is 0 Å². The van der Waals surface area contributed by atoms with Crippen LogP contribution in [0, 0.1) is 0 Å². The summed E-state index contributed by atoms with van der Waals surface area (Å²) >= 11 is 0. The monoisotopic (exact) mass is 278 g/mol. The summed E-state index contributed by atoms with van der Waals surface area (Å²) in [5.74, 6) is 0.0780. The summed E-state index contributed by atoms with van der Waals surface area (Å²) in [4.78, 5) is 0. The summed E-state index contributed by atoms with van der Waals surface area (Å²) < 4.78 is 37.1. The zero-order chi connectivity index (χ0) is 13.2. The minimum absolute atomic E-state index is 0.0780. The average Bonchev–Trinajstić information content (AvgIpc) is 2.81. The van der Waals surface area contributed by atoms with E-state index in [0.29, 0.717) is 26.3 Å². The lowest BCUT2D eigenvalue weighted by molar-refractivity contribution is -0.0223. The largest absolute Gasteiger partial charge is 0.377 e. The highest BCUT2D eigenvalue weighted by Gasteiger charge is 2.36. The van der Waals surface area contributed by atoms with Crippen LogP contribution in [0.25, 0.3) is 0 Å². The van der Waals surface area contributed by atoms with E-state index in [2.05, 4.69) is 0 Å². The molecule has 0 aromatic heterocycles. The number of rotatable bonds is 4. The van der Waals surface area contributed by atoms with Gasteiger partial charge in [0.1, 0.15) is 0 Å². The van der Waals surface area contributed by atoms with Crippen LogP contribution in [0.3, 0.4) is 0 Å². The zero-order valence-electron chi connectivity index (χ0n) is 10.7. The van der Waals surface area contributed by atoms with Gasteiger partial charge in [-0.05, 0) is 19.8 Å². The molecule has 3 atom stereocenters. The Bertz CT molecular complexity index is 367. The molecule has 0 bridgehead atoms. The molecule has 2 aliphatic rings. The summed E-state index contributed by atoms with van der Waals surface area (Å²) in [6.07, 6.45) is 1.43. The van der Waals surface area contributed by atoms with Crippen LogP contribution in [0.15, 0.2) is 0 Å². The Hall–Kier alpha value is -0.210. The van der Waals surface area contributed by atoms with Crippen molar-refractivity contribution in [3.05, 3.63) is 0 Å². The molecule has 7 heteroatoms. The maximum atomic E-state index is 12.4. The number of nitrogens with zero attached hydrogens (tertiary/aromatic N) is 1. The summed E-state index contributed by atoms with van der Waals surface area (Å²) in [6, 6.07) is -0.126. The van der Waals surface area contributed by atoms with Crippen molar-refractivity contribution in [1.82, 2.24) is 4.31 Å². The molecule has 2 N–H and O–H groups in total. The van der Waals surface area contributed by atoms with E-state index in [4.69, 9.17) is 15.2 Å². The van der Waals surface area contributed by atoms with Crippen LogP contribution in [-0.2, 0) is 19.5 Å². The van der Waals surface area contributed by atoms with Crippen molar-refractivity contribution >= 4 is 10.0 Å². The highest BCUT2D eigenvalue weighted by Crippen LogP contribution is 2.20. The van der Waals surface area contributed by atoms with Crippen molar-refractivity contribution in [1.29, 1.82) is 0 Å². The first-order valence-electron chi connectivity index (χ1n) is 6.45. The molecule has 3 unspecified atom stereocenters. The first-order chi connectivity index (χ1) is 8.53. The summed E-state index contributed by atoms with van der Waals surface area (Å²) in [6.45, 7) is 3.64. The van der Waals surface area contributed by atoms with E-state index in [0.717, 1.165) is 12.8 Å². The molecule has 0 saturated carbocycles. The fraction of sp³-hybridized carbons (Fsp3) is 1.00. The molecule has 0 amide bonds. The molecule has 2 fully saturated rings. The molecule has 0 spiro atoms. The Balaban J connectivity index is 2.02. The highest BCUT2D eigenvalue weighted by molar-refractivity contribution is 7.89. The van der Waals surface area contributed by atoms with Gasteiger partial charge in [-0.15, -0.1) is 0 Å². The molecular weight excluding hydrogens is 256 g/mol. The average molecular weight is 278 g/mol. The minimum atomic E-state index is -3.29. The predicted octanol–water partition coefficient (Wildman–Crippen LogP) is -0.457. The van der Waals surface area contributed by atoms with Gasteiger partial charge in [-0.3, -0.25) is 0 Å². The second kappa shape index (κ2) is 5.83. The quantitative estimate of drug-likeness (QED) is 0.753. The molecule has 2 heterocycles. The smallest absolute Gasteiger partial charge is 0.217 e. The fourth-order valence-electron chi connectivity index (χ4n) is 2.43. The highest BCUT2D eigenvalue weighted by atomic mass is 32.2. The predicted molar refractivity (Wildman–Crippen MR) is 67.7 cm³/mol. The van der Waals surface area contributed by atoms with Crippen molar-refractivity contribution in [2.24, 2.45) is 5.73 Å². The molecule has 0 radical (unpaired) electrons. The molecular formula is C11H22N2O4S. The van der Waals surface area contributed by atoms with Crippen molar-refractivity contribution < 1.29 is 17.9 Å². The van der Waals surface area contributed by atoms with E-state index in [1.54, 1.807) is 0 Å². The number of morpholine rings is 1. The molecule has 6 nitrogen and oxygen atoms in total. The topological polar surface area (TPSA) is 81.9 Å². The van der Waals surface area contributed by atoms with Crippen LogP contribution < -0.4 is 5.73 Å². The Labute approximate surface area is 108 Å². The van der Waals surface area contributed by atoms with E-state index in [9.17, 15) is 8.42 Å². The SMILES string of the molecule is CC1COC(CN)CN1S(=O)(=O)CC1CCCO1. The van der Waals surface area contributed by atoms with E-state index in [1.807, 2.05) is 6.92 Å². The molecule has 2 aliphatic heterocycles. The first kappa shape index (κ1) is 14.2. The van der Waals surface area contributed by atoms with E-state index < -0.39 is 10.0 Å². The molecule has 18 heavy (non-hydrogen) atoms. The van der Waals surface area contributed by atoms with Gasteiger partial charge in [-0.25, -0.2) is 8.42 Å². The number of nitrogens with two attached hydrogens (primary N) is 1. The fourth-order valence-corrected chi connectivity index (χ4v) is 4.36. The van der Waals surface area contributed by atoms with Crippen molar-refractivity contribution in [2.45, 2.75) is 38.0 Å². The van der Waals surface area contributed by atoms with Crippen LogP contribution in [0.5, 0.6) is 0 Å². The second-order valence-electron chi connectivity index (χ2n) is 5.02. The number of hydrogen-bond acceptors (Lipinski definition) is 5. The minimum Gasteiger partial charge on any atom is -0.377 e. The molecule has 0 aromatic carbocycles. The number of sulfonamides is 1. The third kappa shape index (κ3) is 3.21. The summed E-state index contributed by atoms with van der Waals surface area (Å²) in [5, 5.41) is 0. The van der Waals surface area contributed by atoms with Gasteiger partial charge in [0.2, 0.25) is 10.0 Å². The van der Waals surface area contributed by atoms with Crippen LogP contribution in [0.2, 0.25) is 0 Å². The first-order valence-corrected chi connectivity index (χ1v) is 8.06. The lowest BCUT2D eigenvalue weighted by atomic mass is 10.2. The van der Waals surface area contributed by atoms with Gasteiger partial charge in [0, 0.05) is 25.7 Å². The molecule has 2 saturated heterocycles. The lowest BCUT2D eigenvalue weighted by Gasteiger charge is -2.37. The van der Waals surface area contributed by atoms with Crippen LogP contribution >= 0.6 is 0 Å². The maximum Gasteiger partial charge on any atom is 0.217 e. The molecule has 0 aliphatic carbocycles. The van der Waals surface area contributed by atoms with Crippen molar-refractivity contribution in [2.75, 3.05) is 32.1 Å². The number of ether oxygens (including phenoxy) is 2. The van der Waals surface area contributed by atoms with Gasteiger partial charge >= 0.3 is 0 Å². The van der Waals surface area contributed by atoms with Gasteiger partial charge in [0.05, 0.1) is 24.6 Å². The molecule has 2 rings (SSSR count). The van der Waals surface area contributed by atoms with Gasteiger partial charge < -0.3 is 15.2 Å². The Morgan fingerprint density at radius 1 is 1.33 bits per heavy atom. The molecule has 106 valence electrons. The van der Waals surface area contributed by atoms with Gasteiger partial charge in [0.25, 0.3) is 0 Å². The third-order valence-electron chi connectivity index (χ3n) is 3.49. The van der Waals surface area contributed by atoms with Gasteiger partial charge in [-0.1, -0.05) is 0 Å². The summed E-state index contributed by atoms with van der Waals surface area (Å²) in [5.41, 5.74) is 5.55. The van der Waals surface area contributed by atoms with Crippen molar-refractivity contribution in [3.63, 3.8) is 0 Å². The van der Waals surface area contributed by atoms with Gasteiger partial charge in [0.15, 0.2) is 0 Å². The van der Waals surface area contributed by atoms with Gasteiger partial charge in [-0.2, -0.15) is 4.31 Å². The van der Waals surface area contributed by atoms with Crippen LogP contribution in [-0.4, -0.2) is 63.0 Å². The lowest BCUT2D eigenvalue weighted by Crippen LogP contribution is -2.54. The Kier molecular flexibility index (Phi) is 4.60. The van der Waals surface area contributed by atoms with E-state index in [1.165, 1.54) is 4.31 Å². The van der Waals surface area contributed by atoms with Crippen LogP contribution in [0.1, 0.15) is 19.8 Å². The molecule has 0 aromatic rings. The van der Waals surface area contributed by atoms with E-state index in [-0.39, 0.29) is 24.0 Å². The maximum absolute atomic E-state index is 12.4. The Morgan fingerprint density at radius 2 is 2.11 bits per heavy atom.